The number of nitrogens with zero attached hydrogens (tertiary/aromatic N) is 8. The van der Waals surface area contributed by atoms with Crippen LogP contribution in [0, 0.1) is 0 Å². The van der Waals surface area contributed by atoms with Crippen molar-refractivity contribution in [3.8, 4) is 0 Å². The van der Waals surface area contributed by atoms with Crippen LogP contribution in [0.5, 0.6) is 0 Å². The number of hydrogen-bond donors (Lipinski definition) is 1. The molecule has 0 aromatic carbocycles. The van der Waals surface area contributed by atoms with Gasteiger partial charge < -0.3 is 19.4 Å². The van der Waals surface area contributed by atoms with Crippen LogP contribution in [0.4, 0.5) is 17.6 Å². The molecule has 5 heterocycles. The molecule has 152 valence electrons. The van der Waals surface area contributed by atoms with Crippen molar-refractivity contribution in [2.75, 3.05) is 61.1 Å². The molecule has 2 saturated heterocycles. The second kappa shape index (κ2) is 7.78. The van der Waals surface area contributed by atoms with E-state index in [1.165, 1.54) is 0 Å². The molecule has 1 N–H and O–H groups in total. The topological polar surface area (TPSA) is 99.2 Å². The lowest BCUT2D eigenvalue weighted by molar-refractivity contribution is 0.122. The number of rotatable bonds is 4. The van der Waals surface area contributed by atoms with Crippen LogP contribution in [0.15, 0.2) is 24.8 Å². The van der Waals surface area contributed by atoms with E-state index >= 15 is 0 Å². The summed E-state index contributed by atoms with van der Waals surface area (Å²) in [6.45, 7) is 5.05. The Morgan fingerprint density at radius 1 is 1.14 bits per heavy atom. The highest BCUT2D eigenvalue weighted by molar-refractivity contribution is 5.86. The molecule has 1 atom stereocenters. The first-order valence-corrected chi connectivity index (χ1v) is 10.1. The molecular formula is C19H25N9O. The fourth-order valence-electron chi connectivity index (χ4n) is 4.11. The van der Waals surface area contributed by atoms with Gasteiger partial charge in [0.25, 0.3) is 0 Å². The first kappa shape index (κ1) is 18.0. The van der Waals surface area contributed by atoms with Gasteiger partial charge in [-0.1, -0.05) is 0 Å². The van der Waals surface area contributed by atoms with Crippen molar-refractivity contribution in [1.82, 2.24) is 30.1 Å². The normalized spacial score (nSPS) is 20.2. The van der Waals surface area contributed by atoms with Crippen LogP contribution in [0.1, 0.15) is 12.8 Å². The van der Waals surface area contributed by atoms with E-state index in [2.05, 4.69) is 46.9 Å². The summed E-state index contributed by atoms with van der Waals surface area (Å²) in [5.41, 5.74) is 0.770. The summed E-state index contributed by atoms with van der Waals surface area (Å²) < 4.78 is 5.45. The predicted molar refractivity (Wildman–Crippen MR) is 110 cm³/mol. The largest absolute Gasteiger partial charge is 0.378 e. The number of fused-ring (bicyclic) bond motifs is 1. The molecule has 0 spiro atoms. The minimum atomic E-state index is 0.306. The van der Waals surface area contributed by atoms with Crippen LogP contribution in [-0.2, 0) is 4.74 Å². The van der Waals surface area contributed by atoms with Crippen LogP contribution < -0.4 is 14.7 Å². The summed E-state index contributed by atoms with van der Waals surface area (Å²) in [4.78, 5) is 24.9. The molecule has 0 bridgehead atoms. The van der Waals surface area contributed by atoms with Crippen molar-refractivity contribution < 1.29 is 4.74 Å². The maximum absolute atomic E-state index is 5.45. The van der Waals surface area contributed by atoms with Crippen molar-refractivity contribution in [3.63, 3.8) is 0 Å². The molecular weight excluding hydrogens is 370 g/mol. The lowest BCUT2D eigenvalue weighted by Gasteiger charge is -2.38. The third-order valence-corrected chi connectivity index (χ3v) is 5.75. The Morgan fingerprint density at radius 2 is 2.03 bits per heavy atom. The summed E-state index contributed by atoms with van der Waals surface area (Å²) in [5, 5.41) is 8.00. The van der Waals surface area contributed by atoms with E-state index in [0.717, 1.165) is 80.9 Å². The van der Waals surface area contributed by atoms with Crippen molar-refractivity contribution in [2.24, 2.45) is 0 Å². The lowest BCUT2D eigenvalue weighted by Crippen LogP contribution is -2.47. The van der Waals surface area contributed by atoms with E-state index in [1.54, 1.807) is 12.5 Å². The van der Waals surface area contributed by atoms with Crippen LogP contribution >= 0.6 is 0 Å². The van der Waals surface area contributed by atoms with Crippen molar-refractivity contribution >= 4 is 28.6 Å². The fourth-order valence-corrected chi connectivity index (χ4v) is 4.11. The number of hydrogen-bond acceptors (Lipinski definition) is 9. The summed E-state index contributed by atoms with van der Waals surface area (Å²) in [6, 6.07) is 2.28. The van der Waals surface area contributed by atoms with E-state index in [1.807, 2.05) is 12.3 Å². The van der Waals surface area contributed by atoms with E-state index < -0.39 is 0 Å². The summed E-state index contributed by atoms with van der Waals surface area (Å²) >= 11 is 0. The number of ether oxygens (including phenoxy) is 1. The van der Waals surface area contributed by atoms with Gasteiger partial charge in [0.2, 0.25) is 5.95 Å². The number of H-pyrrole nitrogens is 1. The van der Waals surface area contributed by atoms with E-state index in [9.17, 15) is 0 Å². The zero-order valence-corrected chi connectivity index (χ0v) is 16.5. The van der Waals surface area contributed by atoms with E-state index in [4.69, 9.17) is 9.72 Å². The monoisotopic (exact) mass is 395 g/mol. The predicted octanol–water partition coefficient (Wildman–Crippen LogP) is 1.08. The van der Waals surface area contributed by atoms with Gasteiger partial charge in [0.1, 0.15) is 18.0 Å². The molecule has 0 aliphatic carbocycles. The van der Waals surface area contributed by atoms with Gasteiger partial charge in [-0.15, -0.1) is 0 Å². The molecule has 1 unspecified atom stereocenters. The zero-order valence-electron chi connectivity index (χ0n) is 16.5. The van der Waals surface area contributed by atoms with Gasteiger partial charge in [0.05, 0.1) is 24.8 Å². The first-order chi connectivity index (χ1) is 14.3. The van der Waals surface area contributed by atoms with Crippen LogP contribution in [0.25, 0.3) is 11.0 Å². The Hall–Kier alpha value is -3.01. The van der Waals surface area contributed by atoms with Crippen molar-refractivity contribution in [3.05, 3.63) is 24.8 Å². The van der Waals surface area contributed by atoms with Crippen LogP contribution in [0.3, 0.4) is 0 Å². The summed E-state index contributed by atoms with van der Waals surface area (Å²) in [6.07, 6.45) is 7.42. The number of aromatic nitrogens is 6. The van der Waals surface area contributed by atoms with Gasteiger partial charge in [0, 0.05) is 45.5 Å². The Labute approximate surface area is 168 Å². The molecule has 10 nitrogen and oxygen atoms in total. The van der Waals surface area contributed by atoms with Crippen LogP contribution in [-0.4, -0.2) is 82.6 Å². The second-order valence-corrected chi connectivity index (χ2v) is 7.50. The highest BCUT2D eigenvalue weighted by Crippen LogP contribution is 2.27. The van der Waals surface area contributed by atoms with Gasteiger partial charge in [0.15, 0.2) is 5.65 Å². The molecule has 3 aromatic rings. The number of morpholine rings is 1. The van der Waals surface area contributed by atoms with Crippen molar-refractivity contribution in [1.29, 1.82) is 0 Å². The maximum atomic E-state index is 5.45. The Balaban J connectivity index is 1.35. The molecule has 0 amide bonds. The molecule has 0 saturated carbocycles. The van der Waals surface area contributed by atoms with Gasteiger partial charge in [-0.25, -0.2) is 15.0 Å². The Bertz CT molecular complexity index is 971. The minimum absolute atomic E-state index is 0.306. The first-order valence-electron chi connectivity index (χ1n) is 10.1. The molecule has 2 aliphatic heterocycles. The number of nitrogens with one attached hydrogen (secondary N) is 1. The van der Waals surface area contributed by atoms with Gasteiger partial charge in [-0.05, 0) is 18.9 Å². The maximum Gasteiger partial charge on any atom is 0.227 e. The third kappa shape index (κ3) is 3.55. The minimum Gasteiger partial charge on any atom is -0.378 e. The zero-order chi connectivity index (χ0) is 19.6. The lowest BCUT2D eigenvalue weighted by atomic mass is 10.0. The number of likely N-dealkylation sites (N-methyl/N-ethyl adjacent to an activating group) is 1. The smallest absolute Gasteiger partial charge is 0.227 e. The van der Waals surface area contributed by atoms with Gasteiger partial charge >= 0.3 is 0 Å². The summed E-state index contributed by atoms with van der Waals surface area (Å²) in [7, 11) is 2.08. The number of piperidine rings is 1. The SMILES string of the molecule is CN(c1nccc(N2CCOCC2)n1)C1CCCN(c2ncnc3[nH]ncc23)C1. The molecule has 2 fully saturated rings. The highest BCUT2D eigenvalue weighted by Gasteiger charge is 2.27. The molecule has 10 heteroatoms. The van der Waals surface area contributed by atoms with Crippen LogP contribution in [0.2, 0.25) is 0 Å². The third-order valence-electron chi connectivity index (χ3n) is 5.75. The molecule has 0 radical (unpaired) electrons. The standard InChI is InChI=1S/C19H25N9O/c1-26(19-20-5-4-16(24-19)27-7-9-29-10-8-27)14-3-2-6-28(12-14)18-15-11-23-25-17(15)21-13-22-18/h4-5,11,13-14H,2-3,6-10,12H2,1H3,(H,21,22,23,25). The molecule has 3 aromatic heterocycles. The number of aromatic amines is 1. The Morgan fingerprint density at radius 3 is 2.93 bits per heavy atom. The average Bonchev–Trinajstić information content (AvgIpc) is 3.28. The van der Waals surface area contributed by atoms with E-state index in [0.29, 0.717) is 6.04 Å². The fraction of sp³-hybridized carbons (Fsp3) is 0.526. The second-order valence-electron chi connectivity index (χ2n) is 7.50. The Kier molecular flexibility index (Phi) is 4.84. The molecule has 29 heavy (non-hydrogen) atoms. The van der Waals surface area contributed by atoms with Gasteiger partial charge in [-0.2, -0.15) is 10.1 Å². The van der Waals surface area contributed by atoms with E-state index in [-0.39, 0.29) is 0 Å². The summed E-state index contributed by atoms with van der Waals surface area (Å²) in [5.74, 6) is 2.66. The quantitative estimate of drug-likeness (QED) is 0.696. The highest BCUT2D eigenvalue weighted by atomic mass is 16.5. The number of anilines is 3. The van der Waals surface area contributed by atoms with Gasteiger partial charge in [-0.3, -0.25) is 5.10 Å². The molecule has 5 rings (SSSR count). The van der Waals surface area contributed by atoms with Crippen molar-refractivity contribution in [2.45, 2.75) is 18.9 Å². The molecule has 2 aliphatic rings. The average molecular weight is 395 g/mol.